The Kier molecular flexibility index (Phi) is 8.84. The molecule has 1 heterocycles. The summed E-state index contributed by atoms with van der Waals surface area (Å²) in [7, 11) is -1.38. The van der Waals surface area contributed by atoms with E-state index in [2.05, 4.69) is 4.72 Å². The predicted octanol–water partition coefficient (Wildman–Crippen LogP) is 4.05. The third-order valence-corrected chi connectivity index (χ3v) is 8.30. The number of nitrogens with zero attached hydrogens (tertiary/aromatic N) is 1. The highest BCUT2D eigenvalue weighted by Crippen LogP contribution is 2.33. The van der Waals surface area contributed by atoms with E-state index in [1.54, 1.807) is 36.9 Å². The minimum Gasteiger partial charge on any atom is -0.381 e. The summed E-state index contributed by atoms with van der Waals surface area (Å²) in [5, 5.41) is -0.214. The number of halogens is 1. The highest BCUT2D eigenvalue weighted by Gasteiger charge is 2.35. The van der Waals surface area contributed by atoms with Gasteiger partial charge < -0.3 is 9.30 Å². The van der Waals surface area contributed by atoms with Crippen LogP contribution in [0.4, 0.5) is 4.39 Å². The second-order valence-electron chi connectivity index (χ2n) is 9.10. The molecule has 4 rings (SSSR count). The van der Waals surface area contributed by atoms with Crippen LogP contribution in [-0.2, 0) is 21.3 Å². The molecule has 2 saturated carbocycles. The first-order chi connectivity index (χ1) is 15.7. The lowest BCUT2D eigenvalue weighted by atomic mass is 9.83. The van der Waals surface area contributed by atoms with E-state index >= 15 is 0 Å². The van der Waals surface area contributed by atoms with Crippen molar-refractivity contribution < 1.29 is 17.5 Å². The van der Waals surface area contributed by atoms with Gasteiger partial charge in [-0.05, 0) is 87.6 Å². The van der Waals surface area contributed by atoms with Crippen LogP contribution in [0.25, 0.3) is 0 Å². The maximum Gasteiger partial charge on any atom is 0.253 e. The van der Waals surface area contributed by atoms with Gasteiger partial charge in [0.1, 0.15) is 5.82 Å². The summed E-state index contributed by atoms with van der Waals surface area (Å²) in [5.41, 5.74) is 2.76. The number of ether oxygens (including phenoxy) is 1. The summed E-state index contributed by atoms with van der Waals surface area (Å²) in [6.07, 6.45) is 8.08. The summed E-state index contributed by atoms with van der Waals surface area (Å²) in [6.45, 7) is 4.31. The Bertz CT molecular complexity index is 1090. The van der Waals surface area contributed by atoms with E-state index in [1.807, 2.05) is 19.1 Å². The molecule has 6 nitrogen and oxygen atoms in total. The standard InChI is InChI=1S/C13H17FO.C12H18N2O3S/c1-15-13-7-5-10(6-8-13)11-3-2-4-12(14)9-11;1-9-7-10(2)12(15)14(8-9)6-5-13-18(16,17)11-3-4-11/h2-4,9-10,13H,5-8H2,1H3;7-8,11,13H,3-6H2,1-2H3. The molecule has 1 N–H and O–H groups in total. The van der Waals surface area contributed by atoms with Crippen molar-refractivity contribution in [1.82, 2.24) is 9.29 Å². The highest BCUT2D eigenvalue weighted by atomic mass is 32.2. The van der Waals surface area contributed by atoms with Crippen LogP contribution in [0.1, 0.15) is 61.1 Å². The van der Waals surface area contributed by atoms with Crippen molar-refractivity contribution in [3.8, 4) is 0 Å². The number of methoxy groups -OCH3 is 1. The van der Waals surface area contributed by atoms with Crippen molar-refractivity contribution in [2.75, 3.05) is 13.7 Å². The van der Waals surface area contributed by atoms with Gasteiger partial charge in [-0.1, -0.05) is 12.1 Å². The molecule has 1 aromatic carbocycles. The van der Waals surface area contributed by atoms with E-state index in [0.717, 1.165) is 49.7 Å². The second-order valence-corrected chi connectivity index (χ2v) is 11.1. The van der Waals surface area contributed by atoms with Crippen molar-refractivity contribution >= 4 is 10.0 Å². The van der Waals surface area contributed by atoms with Crippen LogP contribution >= 0.6 is 0 Å². The Morgan fingerprint density at radius 2 is 1.79 bits per heavy atom. The lowest BCUT2D eigenvalue weighted by Gasteiger charge is -2.27. The third kappa shape index (κ3) is 7.48. The quantitative estimate of drug-likeness (QED) is 0.651. The molecule has 2 fully saturated rings. The molecule has 0 unspecified atom stereocenters. The molecule has 2 aliphatic carbocycles. The molecule has 0 amide bonds. The number of sulfonamides is 1. The van der Waals surface area contributed by atoms with Gasteiger partial charge in [0, 0.05) is 32.0 Å². The minimum absolute atomic E-state index is 0.0637. The molecular formula is C25H35FN2O4S. The summed E-state index contributed by atoms with van der Waals surface area (Å²) >= 11 is 0. The molecule has 0 radical (unpaired) electrons. The number of nitrogens with one attached hydrogen (secondary N) is 1. The van der Waals surface area contributed by atoms with E-state index in [0.29, 0.717) is 24.1 Å². The van der Waals surface area contributed by atoms with Gasteiger partial charge >= 0.3 is 0 Å². The van der Waals surface area contributed by atoms with Crippen molar-refractivity contribution in [2.24, 2.45) is 0 Å². The van der Waals surface area contributed by atoms with Gasteiger partial charge in [-0.3, -0.25) is 4.79 Å². The van der Waals surface area contributed by atoms with Gasteiger partial charge in [0.05, 0.1) is 11.4 Å². The molecular weight excluding hydrogens is 443 g/mol. The summed E-state index contributed by atoms with van der Waals surface area (Å²) in [6, 6.07) is 8.82. The highest BCUT2D eigenvalue weighted by molar-refractivity contribution is 7.90. The molecule has 182 valence electrons. The Morgan fingerprint density at radius 3 is 2.39 bits per heavy atom. The zero-order valence-corrected chi connectivity index (χ0v) is 20.5. The molecule has 8 heteroatoms. The van der Waals surface area contributed by atoms with Crippen LogP contribution in [0.2, 0.25) is 0 Å². The first-order valence-electron chi connectivity index (χ1n) is 11.6. The van der Waals surface area contributed by atoms with Crippen molar-refractivity contribution in [1.29, 1.82) is 0 Å². The molecule has 0 bridgehead atoms. The SMILES string of the molecule is COC1CCC(c2cccc(F)c2)CC1.Cc1cc(C)c(=O)n(CCNS(=O)(=O)C2CC2)c1. The first kappa shape index (κ1) is 25.6. The maximum atomic E-state index is 13.0. The largest absolute Gasteiger partial charge is 0.381 e. The van der Waals surface area contributed by atoms with E-state index in [1.165, 1.54) is 6.07 Å². The lowest BCUT2D eigenvalue weighted by Crippen LogP contribution is -2.33. The molecule has 2 aliphatic rings. The minimum atomic E-state index is -3.16. The van der Waals surface area contributed by atoms with Gasteiger partial charge in [-0.25, -0.2) is 17.5 Å². The molecule has 0 spiro atoms. The van der Waals surface area contributed by atoms with Crippen LogP contribution in [0, 0.1) is 19.7 Å². The van der Waals surface area contributed by atoms with E-state index in [9.17, 15) is 17.6 Å². The van der Waals surface area contributed by atoms with Crippen LogP contribution in [0.5, 0.6) is 0 Å². The molecule has 0 atom stereocenters. The predicted molar refractivity (Wildman–Crippen MR) is 129 cm³/mol. The smallest absolute Gasteiger partial charge is 0.253 e. The number of rotatable bonds is 7. The average molecular weight is 479 g/mol. The molecule has 1 aromatic heterocycles. The van der Waals surface area contributed by atoms with Gasteiger partial charge in [-0.2, -0.15) is 0 Å². The lowest BCUT2D eigenvalue weighted by molar-refractivity contribution is 0.0658. The molecule has 33 heavy (non-hydrogen) atoms. The topological polar surface area (TPSA) is 77.4 Å². The van der Waals surface area contributed by atoms with Crippen LogP contribution in [0.15, 0.2) is 41.3 Å². The fraction of sp³-hybridized carbons (Fsp3) is 0.560. The number of hydrogen-bond donors (Lipinski definition) is 1. The van der Waals surface area contributed by atoms with Crippen molar-refractivity contribution in [3.05, 3.63) is 69.4 Å². The summed E-state index contributed by atoms with van der Waals surface area (Å²) in [4.78, 5) is 11.8. The van der Waals surface area contributed by atoms with Crippen molar-refractivity contribution in [2.45, 2.75) is 76.2 Å². The van der Waals surface area contributed by atoms with Crippen molar-refractivity contribution in [3.63, 3.8) is 0 Å². The van der Waals surface area contributed by atoms with E-state index in [-0.39, 0.29) is 23.2 Å². The monoisotopic (exact) mass is 478 g/mol. The fourth-order valence-corrected chi connectivity index (χ4v) is 5.70. The Labute approximate surface area is 196 Å². The van der Waals surface area contributed by atoms with E-state index in [4.69, 9.17) is 4.74 Å². The van der Waals surface area contributed by atoms with Crippen LogP contribution in [0.3, 0.4) is 0 Å². The maximum absolute atomic E-state index is 13.0. The van der Waals surface area contributed by atoms with Gasteiger partial charge in [0.2, 0.25) is 10.0 Å². The van der Waals surface area contributed by atoms with Crippen LogP contribution in [-0.4, -0.2) is 38.0 Å². The van der Waals surface area contributed by atoms with Gasteiger partial charge in [0.15, 0.2) is 0 Å². The zero-order valence-electron chi connectivity index (χ0n) is 19.7. The number of hydrogen-bond acceptors (Lipinski definition) is 4. The molecule has 0 saturated heterocycles. The Morgan fingerprint density at radius 1 is 1.09 bits per heavy atom. The summed E-state index contributed by atoms with van der Waals surface area (Å²) < 4.78 is 45.7. The average Bonchev–Trinajstić information content (AvgIpc) is 3.64. The number of aromatic nitrogens is 1. The normalized spacial score (nSPS) is 20.7. The summed E-state index contributed by atoms with van der Waals surface area (Å²) in [5.74, 6) is 0.397. The van der Waals surface area contributed by atoms with Gasteiger partial charge in [-0.15, -0.1) is 0 Å². The Balaban J connectivity index is 0.000000189. The Hall–Kier alpha value is -2.03. The van der Waals surface area contributed by atoms with E-state index < -0.39 is 10.0 Å². The molecule has 0 aliphatic heterocycles. The zero-order chi connectivity index (χ0) is 24.0. The first-order valence-corrected chi connectivity index (χ1v) is 13.2. The fourth-order valence-electron chi connectivity index (χ4n) is 4.33. The molecule has 2 aromatic rings. The number of pyridine rings is 1. The second kappa shape index (κ2) is 11.4. The number of aryl methyl sites for hydroxylation is 2. The number of benzene rings is 1. The van der Waals surface area contributed by atoms with Gasteiger partial charge in [0.25, 0.3) is 5.56 Å². The third-order valence-electron chi connectivity index (χ3n) is 6.35. The van der Waals surface area contributed by atoms with Crippen LogP contribution < -0.4 is 10.3 Å².